The lowest BCUT2D eigenvalue weighted by molar-refractivity contribution is -0.137. The van der Waals surface area contributed by atoms with Gasteiger partial charge in [-0.25, -0.2) is 0 Å². The maximum absolute atomic E-state index is 13.7. The molecule has 0 saturated carbocycles. The average Bonchev–Trinajstić information content (AvgIpc) is 3.43. The number of hydrogen-bond donors (Lipinski definition) is 4. The van der Waals surface area contributed by atoms with Crippen molar-refractivity contribution in [2.75, 3.05) is 20.8 Å². The van der Waals surface area contributed by atoms with Crippen molar-refractivity contribution >= 4 is 27.7 Å². The van der Waals surface area contributed by atoms with E-state index in [1.807, 2.05) is 0 Å². The van der Waals surface area contributed by atoms with Crippen LogP contribution in [0.25, 0.3) is 21.8 Å². The number of aromatic amines is 2. The molecule has 0 radical (unpaired) electrons. The van der Waals surface area contributed by atoms with Crippen molar-refractivity contribution in [2.45, 2.75) is 18.5 Å². The third-order valence-electron chi connectivity index (χ3n) is 8.24. The number of aromatic hydroxyl groups is 1. The predicted molar refractivity (Wildman–Crippen MR) is 173 cm³/mol. The first-order chi connectivity index (χ1) is 22.6. The first kappa shape index (κ1) is 31.3. The minimum Gasteiger partial charge on any atom is -0.507 e. The quantitative estimate of drug-likeness (QED) is 0.137. The van der Waals surface area contributed by atoms with Crippen LogP contribution in [0.1, 0.15) is 44.2 Å². The van der Waals surface area contributed by atoms with Crippen molar-refractivity contribution in [2.24, 2.45) is 0 Å². The highest BCUT2D eigenvalue weighted by molar-refractivity contribution is 5.97. The van der Waals surface area contributed by atoms with E-state index < -0.39 is 23.2 Å². The van der Waals surface area contributed by atoms with Crippen LogP contribution in [0.15, 0.2) is 95.8 Å². The molecule has 2 aromatic heterocycles. The SMILES string of the molecule is COc1ccc2[nH]c(C(c3ccc(C(F)(F)F)cc3)c3c(O)c4ccccc4[nH]c3=O)c(CCNC(=O)c3ccccc3OC)c2c1. The van der Waals surface area contributed by atoms with Crippen LogP contribution in [0.2, 0.25) is 0 Å². The molecule has 11 heteroatoms. The highest BCUT2D eigenvalue weighted by Crippen LogP contribution is 2.42. The Morgan fingerprint density at radius 3 is 2.30 bits per heavy atom. The molecule has 0 bridgehead atoms. The molecule has 0 fully saturated rings. The van der Waals surface area contributed by atoms with Gasteiger partial charge in [-0.05, 0) is 72.1 Å². The number of methoxy groups -OCH3 is 2. The first-order valence-electron chi connectivity index (χ1n) is 14.7. The van der Waals surface area contributed by atoms with Crippen LogP contribution in [-0.4, -0.2) is 41.7 Å². The summed E-state index contributed by atoms with van der Waals surface area (Å²) in [5, 5.41) is 15.6. The van der Waals surface area contributed by atoms with Gasteiger partial charge in [0.2, 0.25) is 0 Å². The van der Waals surface area contributed by atoms with E-state index in [0.717, 1.165) is 17.5 Å². The van der Waals surface area contributed by atoms with Gasteiger partial charge >= 0.3 is 6.18 Å². The lowest BCUT2D eigenvalue weighted by atomic mass is 9.85. The maximum Gasteiger partial charge on any atom is 0.416 e. The van der Waals surface area contributed by atoms with Gasteiger partial charge in [0.25, 0.3) is 11.5 Å². The number of aromatic nitrogens is 2. The van der Waals surface area contributed by atoms with Gasteiger partial charge in [0, 0.05) is 28.5 Å². The van der Waals surface area contributed by atoms with Crippen molar-refractivity contribution < 1.29 is 32.5 Å². The van der Waals surface area contributed by atoms with E-state index in [2.05, 4.69) is 15.3 Å². The first-order valence-corrected chi connectivity index (χ1v) is 14.7. The van der Waals surface area contributed by atoms with E-state index in [1.165, 1.54) is 26.4 Å². The highest BCUT2D eigenvalue weighted by atomic mass is 19.4. The van der Waals surface area contributed by atoms with Crippen LogP contribution >= 0.6 is 0 Å². The number of hydrogen-bond acceptors (Lipinski definition) is 5. The Hall–Kier alpha value is -5.71. The van der Waals surface area contributed by atoms with Crippen molar-refractivity contribution in [3.8, 4) is 17.2 Å². The monoisotopic (exact) mass is 641 g/mol. The summed E-state index contributed by atoms with van der Waals surface area (Å²) >= 11 is 0. The fraction of sp³-hybridized carbons (Fsp3) is 0.167. The van der Waals surface area contributed by atoms with Crippen LogP contribution < -0.4 is 20.3 Å². The molecule has 6 aromatic rings. The Kier molecular flexibility index (Phi) is 8.38. The molecule has 8 nitrogen and oxygen atoms in total. The zero-order valence-corrected chi connectivity index (χ0v) is 25.4. The molecule has 0 spiro atoms. The van der Waals surface area contributed by atoms with Crippen LogP contribution in [0.3, 0.4) is 0 Å². The second-order valence-corrected chi connectivity index (χ2v) is 10.9. The van der Waals surface area contributed by atoms with Crippen LogP contribution in [0.4, 0.5) is 13.2 Å². The third kappa shape index (κ3) is 5.99. The number of H-pyrrole nitrogens is 2. The van der Waals surface area contributed by atoms with Gasteiger partial charge in [0.05, 0.1) is 42.3 Å². The number of halogens is 3. The van der Waals surface area contributed by atoms with Gasteiger partial charge in [0.1, 0.15) is 17.2 Å². The molecular weight excluding hydrogens is 611 g/mol. The van der Waals surface area contributed by atoms with Gasteiger partial charge in [0.15, 0.2) is 0 Å². The Balaban J connectivity index is 1.52. The lowest BCUT2D eigenvalue weighted by Crippen LogP contribution is -2.26. The second-order valence-electron chi connectivity index (χ2n) is 10.9. The van der Waals surface area contributed by atoms with E-state index in [1.54, 1.807) is 66.7 Å². The number of fused-ring (bicyclic) bond motifs is 2. The summed E-state index contributed by atoms with van der Waals surface area (Å²) in [6.45, 7) is 0.161. The number of carbonyl (C=O) groups is 1. The van der Waals surface area contributed by atoms with Crippen LogP contribution in [0, 0.1) is 0 Å². The molecule has 1 atom stereocenters. The van der Waals surface area contributed by atoms with E-state index in [0.29, 0.717) is 50.3 Å². The summed E-state index contributed by atoms with van der Waals surface area (Å²) in [5.41, 5.74) is 1.42. The molecule has 47 heavy (non-hydrogen) atoms. The number of para-hydroxylation sites is 2. The maximum atomic E-state index is 13.7. The minimum absolute atomic E-state index is 0.0405. The molecular formula is C36H30F3N3O5. The van der Waals surface area contributed by atoms with Crippen LogP contribution in [-0.2, 0) is 12.6 Å². The topological polar surface area (TPSA) is 116 Å². The molecule has 240 valence electrons. The lowest BCUT2D eigenvalue weighted by Gasteiger charge is -2.21. The van der Waals surface area contributed by atoms with Crippen molar-refractivity contribution in [1.82, 2.24) is 15.3 Å². The second kappa shape index (κ2) is 12.6. The zero-order valence-electron chi connectivity index (χ0n) is 25.4. The summed E-state index contributed by atoms with van der Waals surface area (Å²) in [4.78, 5) is 33.0. The summed E-state index contributed by atoms with van der Waals surface area (Å²) < 4.78 is 51.5. The normalized spacial score (nSPS) is 12.3. The number of carbonyl (C=O) groups excluding carboxylic acids is 1. The number of rotatable bonds is 9. The van der Waals surface area contributed by atoms with E-state index in [4.69, 9.17) is 9.47 Å². The van der Waals surface area contributed by atoms with E-state index in [-0.39, 0.29) is 30.2 Å². The molecule has 4 N–H and O–H groups in total. The van der Waals surface area contributed by atoms with E-state index >= 15 is 0 Å². The molecule has 2 heterocycles. The van der Waals surface area contributed by atoms with Gasteiger partial charge < -0.3 is 29.9 Å². The van der Waals surface area contributed by atoms with Crippen molar-refractivity contribution in [3.05, 3.63) is 135 Å². The third-order valence-corrected chi connectivity index (χ3v) is 8.24. The number of nitrogens with one attached hydrogen (secondary N) is 3. The highest BCUT2D eigenvalue weighted by Gasteiger charge is 2.33. The largest absolute Gasteiger partial charge is 0.507 e. The Morgan fingerprint density at radius 2 is 1.57 bits per heavy atom. The molecule has 0 aliphatic carbocycles. The van der Waals surface area contributed by atoms with E-state index in [9.17, 15) is 27.9 Å². The average molecular weight is 642 g/mol. The molecule has 0 saturated heterocycles. The Labute approximate surface area is 266 Å². The Bertz CT molecular complexity index is 2150. The van der Waals surface area contributed by atoms with Crippen LogP contribution in [0.5, 0.6) is 17.2 Å². The van der Waals surface area contributed by atoms with Gasteiger partial charge in [-0.1, -0.05) is 36.4 Å². The number of pyridine rings is 1. The summed E-state index contributed by atoms with van der Waals surface area (Å²) in [7, 11) is 3.00. The Morgan fingerprint density at radius 1 is 0.872 bits per heavy atom. The molecule has 1 amide bonds. The molecule has 0 aliphatic heterocycles. The molecule has 6 rings (SSSR count). The van der Waals surface area contributed by atoms with Gasteiger partial charge in [-0.3, -0.25) is 9.59 Å². The van der Waals surface area contributed by atoms with Gasteiger partial charge in [-0.15, -0.1) is 0 Å². The summed E-state index contributed by atoms with van der Waals surface area (Å²) in [5.74, 6) is -0.704. The smallest absolute Gasteiger partial charge is 0.416 e. The number of benzene rings is 4. The van der Waals surface area contributed by atoms with Gasteiger partial charge in [-0.2, -0.15) is 13.2 Å². The minimum atomic E-state index is -4.57. The number of amides is 1. The standard InChI is InChI=1S/C36H30F3N3O5/c1-46-22-15-16-28-26(19-22)23(17-18-40-34(44)25-8-4-6-10-29(25)47-2)32(41-28)30(20-11-13-21(14-12-20)36(37,38)39)31-33(43)24-7-3-5-9-27(24)42-35(31)45/h3-16,19,30,41H,17-18H2,1-2H3,(H,40,44)(H2,42,43,45). The molecule has 0 aliphatic rings. The molecule has 4 aromatic carbocycles. The molecule has 1 unspecified atom stereocenters. The van der Waals surface area contributed by atoms with Crippen molar-refractivity contribution in [3.63, 3.8) is 0 Å². The number of alkyl halides is 3. The summed E-state index contributed by atoms with van der Waals surface area (Å²) in [6, 6.07) is 23.4. The predicted octanol–water partition coefficient (Wildman–Crippen LogP) is 6.90. The zero-order chi connectivity index (χ0) is 33.3. The fourth-order valence-electron chi connectivity index (χ4n) is 5.97. The number of ether oxygens (including phenoxy) is 2. The van der Waals surface area contributed by atoms with Crippen molar-refractivity contribution in [1.29, 1.82) is 0 Å². The summed E-state index contributed by atoms with van der Waals surface area (Å²) in [6.07, 6.45) is -4.31. The fourth-order valence-corrected chi connectivity index (χ4v) is 5.97.